The van der Waals surface area contributed by atoms with Crippen molar-refractivity contribution < 1.29 is 8.78 Å². The summed E-state index contributed by atoms with van der Waals surface area (Å²) in [5, 5.41) is 3.52. The fraction of sp³-hybridized carbons (Fsp3) is 0.200. The predicted octanol–water partition coefficient (Wildman–Crippen LogP) is 3.61. The Balaban J connectivity index is 2.05. The van der Waals surface area contributed by atoms with E-state index < -0.39 is 11.6 Å². The first-order valence-electron chi connectivity index (χ1n) is 6.63. The number of nitrogens with zero attached hydrogens (tertiary/aromatic N) is 3. The molecule has 1 aromatic heterocycles. The van der Waals surface area contributed by atoms with Gasteiger partial charge in [0, 0.05) is 36.7 Å². The third-order valence-electron chi connectivity index (χ3n) is 2.87. The van der Waals surface area contributed by atoms with E-state index in [1.54, 1.807) is 12.2 Å². The monoisotopic (exact) mass is 322 g/mol. The fourth-order valence-electron chi connectivity index (χ4n) is 1.83. The van der Waals surface area contributed by atoms with E-state index in [0.29, 0.717) is 24.2 Å². The van der Waals surface area contributed by atoms with Crippen molar-refractivity contribution in [2.75, 3.05) is 23.3 Å². The lowest BCUT2D eigenvalue weighted by atomic mass is 10.2. The molecule has 0 aliphatic carbocycles. The van der Waals surface area contributed by atoms with Gasteiger partial charge in [-0.25, -0.2) is 8.78 Å². The van der Waals surface area contributed by atoms with Gasteiger partial charge in [-0.1, -0.05) is 18.2 Å². The highest BCUT2D eigenvalue weighted by molar-refractivity contribution is 7.09. The number of anilines is 2. The second-order valence-electron chi connectivity index (χ2n) is 4.44. The largest absolute Gasteiger partial charge is 0.349 e. The lowest BCUT2D eigenvalue weighted by Gasteiger charge is -2.16. The number of hydrogen-bond acceptors (Lipinski definition) is 5. The van der Waals surface area contributed by atoms with Crippen LogP contribution in [0.2, 0.25) is 0 Å². The van der Waals surface area contributed by atoms with Crippen LogP contribution in [0.4, 0.5) is 19.9 Å². The van der Waals surface area contributed by atoms with Gasteiger partial charge in [-0.15, -0.1) is 13.2 Å². The lowest BCUT2D eigenvalue weighted by Crippen LogP contribution is -2.22. The summed E-state index contributed by atoms with van der Waals surface area (Å²) in [6, 6.07) is 3.77. The molecule has 0 saturated heterocycles. The number of nitrogens with one attached hydrogen (secondary N) is 1. The minimum absolute atomic E-state index is 0.0163. The zero-order valence-electron chi connectivity index (χ0n) is 11.9. The van der Waals surface area contributed by atoms with Gasteiger partial charge in [-0.3, -0.25) is 0 Å². The number of rotatable bonds is 8. The van der Waals surface area contributed by atoms with Crippen LogP contribution in [0.3, 0.4) is 0 Å². The molecule has 0 aliphatic heterocycles. The Morgan fingerprint density at radius 3 is 2.41 bits per heavy atom. The molecule has 0 amide bonds. The van der Waals surface area contributed by atoms with Gasteiger partial charge in [-0.2, -0.15) is 9.36 Å². The summed E-state index contributed by atoms with van der Waals surface area (Å²) < 4.78 is 31.2. The van der Waals surface area contributed by atoms with Crippen LogP contribution < -0.4 is 10.2 Å². The fourth-order valence-corrected chi connectivity index (χ4v) is 2.49. The van der Waals surface area contributed by atoms with Gasteiger partial charge in [0.1, 0.15) is 11.6 Å². The van der Waals surface area contributed by atoms with Gasteiger partial charge >= 0.3 is 0 Å². The van der Waals surface area contributed by atoms with E-state index in [0.717, 1.165) is 0 Å². The second kappa shape index (κ2) is 7.65. The average Bonchev–Trinajstić information content (AvgIpc) is 2.95. The Hall–Kier alpha value is -2.28. The number of benzene rings is 1. The van der Waals surface area contributed by atoms with Gasteiger partial charge in [0.15, 0.2) is 0 Å². The van der Waals surface area contributed by atoms with Crippen LogP contribution >= 0.6 is 11.5 Å². The first kappa shape index (κ1) is 16.1. The Kier molecular flexibility index (Phi) is 5.60. The van der Waals surface area contributed by atoms with Crippen molar-refractivity contribution in [3.05, 3.63) is 60.7 Å². The summed E-state index contributed by atoms with van der Waals surface area (Å²) in [4.78, 5) is 6.24. The predicted molar refractivity (Wildman–Crippen MR) is 86.2 cm³/mol. The average molecular weight is 322 g/mol. The molecule has 0 saturated carbocycles. The van der Waals surface area contributed by atoms with Crippen LogP contribution in [0.25, 0.3) is 0 Å². The van der Waals surface area contributed by atoms with E-state index in [1.165, 1.54) is 29.7 Å². The normalized spacial score (nSPS) is 10.3. The molecule has 1 heterocycles. The van der Waals surface area contributed by atoms with Crippen molar-refractivity contribution in [2.24, 2.45) is 0 Å². The summed E-state index contributed by atoms with van der Waals surface area (Å²) in [5.41, 5.74) is -0.0344. The van der Waals surface area contributed by atoms with Crippen LogP contribution in [0.5, 0.6) is 0 Å². The van der Waals surface area contributed by atoms with E-state index in [2.05, 4.69) is 27.8 Å². The van der Waals surface area contributed by atoms with Gasteiger partial charge in [0.05, 0.1) is 0 Å². The van der Waals surface area contributed by atoms with Crippen LogP contribution in [0.15, 0.2) is 43.5 Å². The molecule has 1 N–H and O–H groups in total. The van der Waals surface area contributed by atoms with E-state index in [1.807, 2.05) is 4.90 Å². The Morgan fingerprint density at radius 1 is 1.18 bits per heavy atom. The molecule has 2 aromatic rings. The van der Waals surface area contributed by atoms with Crippen molar-refractivity contribution in [3.8, 4) is 0 Å². The smallest absolute Gasteiger partial charge is 0.236 e. The molecule has 0 bridgehead atoms. The molecule has 7 heteroatoms. The number of aromatic nitrogens is 2. The summed E-state index contributed by atoms with van der Waals surface area (Å²) in [7, 11) is 0. The van der Waals surface area contributed by atoms with Crippen molar-refractivity contribution in [2.45, 2.75) is 6.54 Å². The maximum absolute atomic E-state index is 13.5. The highest BCUT2D eigenvalue weighted by Gasteiger charge is 2.12. The zero-order chi connectivity index (χ0) is 15.9. The van der Waals surface area contributed by atoms with Crippen molar-refractivity contribution >= 4 is 22.6 Å². The molecule has 0 fully saturated rings. The van der Waals surface area contributed by atoms with Crippen LogP contribution in [0, 0.1) is 11.6 Å². The molecule has 0 spiro atoms. The number of hydrogen-bond donors (Lipinski definition) is 1. The molecule has 0 atom stereocenters. The molecule has 1 aromatic carbocycles. The minimum Gasteiger partial charge on any atom is -0.349 e. The van der Waals surface area contributed by atoms with E-state index in [-0.39, 0.29) is 12.1 Å². The summed E-state index contributed by atoms with van der Waals surface area (Å²) in [5.74, 6) is -0.855. The number of halogens is 2. The highest BCUT2D eigenvalue weighted by atomic mass is 32.1. The van der Waals surface area contributed by atoms with Gasteiger partial charge < -0.3 is 10.2 Å². The topological polar surface area (TPSA) is 41.1 Å². The lowest BCUT2D eigenvalue weighted by molar-refractivity contribution is 0.560. The van der Waals surface area contributed by atoms with Crippen LogP contribution in [-0.2, 0) is 6.54 Å². The molecule has 0 radical (unpaired) electrons. The highest BCUT2D eigenvalue weighted by Crippen LogP contribution is 2.21. The SMILES string of the molecule is C=CCN(CC=C)c1nc(NCc2c(F)cccc2F)ns1. The Morgan fingerprint density at radius 2 is 1.82 bits per heavy atom. The first-order chi connectivity index (χ1) is 10.7. The molecule has 0 unspecified atom stereocenters. The van der Waals surface area contributed by atoms with Gasteiger partial charge in [0.2, 0.25) is 11.1 Å². The Labute approximate surface area is 132 Å². The molecular weight excluding hydrogens is 306 g/mol. The molecule has 116 valence electrons. The molecule has 22 heavy (non-hydrogen) atoms. The second-order valence-corrected chi connectivity index (χ2v) is 5.17. The molecule has 0 aliphatic rings. The summed E-state index contributed by atoms with van der Waals surface area (Å²) in [6.45, 7) is 8.60. The Bertz CT molecular complexity index is 626. The first-order valence-corrected chi connectivity index (χ1v) is 7.40. The van der Waals surface area contributed by atoms with Crippen molar-refractivity contribution in [3.63, 3.8) is 0 Å². The van der Waals surface area contributed by atoms with Crippen LogP contribution in [0.1, 0.15) is 5.56 Å². The molecule has 4 nitrogen and oxygen atoms in total. The standard InChI is InChI=1S/C15H16F2N4S/c1-3-8-21(9-4-2)15-19-14(20-22-15)18-10-11-12(16)6-5-7-13(11)17/h3-7H,1-2,8-10H2,(H,18,20). The maximum atomic E-state index is 13.5. The van der Waals surface area contributed by atoms with E-state index >= 15 is 0 Å². The molecular formula is C15H16F2N4S. The summed E-state index contributed by atoms with van der Waals surface area (Å²) in [6.07, 6.45) is 3.51. The molecule has 2 rings (SSSR count). The minimum atomic E-state index is -0.595. The summed E-state index contributed by atoms with van der Waals surface area (Å²) >= 11 is 1.20. The quantitative estimate of drug-likeness (QED) is 0.754. The van der Waals surface area contributed by atoms with Gasteiger partial charge in [-0.05, 0) is 12.1 Å². The maximum Gasteiger partial charge on any atom is 0.236 e. The van der Waals surface area contributed by atoms with Crippen molar-refractivity contribution in [1.29, 1.82) is 0 Å². The third-order valence-corrected chi connectivity index (χ3v) is 3.65. The third kappa shape index (κ3) is 3.88. The van der Waals surface area contributed by atoms with Gasteiger partial charge in [0.25, 0.3) is 0 Å². The van der Waals surface area contributed by atoms with Crippen molar-refractivity contribution in [1.82, 2.24) is 9.36 Å². The zero-order valence-corrected chi connectivity index (χ0v) is 12.7. The van der Waals surface area contributed by atoms with E-state index in [4.69, 9.17) is 0 Å². The van der Waals surface area contributed by atoms with Crippen LogP contribution in [-0.4, -0.2) is 22.4 Å². The van der Waals surface area contributed by atoms with E-state index in [9.17, 15) is 8.78 Å².